The molecule has 2 aromatic carbocycles. The maximum absolute atomic E-state index is 12.9. The number of imide groups is 1. The number of carbonyl (C=O) groups is 2. The Kier molecular flexibility index (Phi) is 5.69. The third-order valence-corrected chi connectivity index (χ3v) is 5.55. The molecule has 3 aromatic rings. The van der Waals surface area contributed by atoms with Crippen LogP contribution in [0.15, 0.2) is 63.9 Å². The van der Waals surface area contributed by atoms with Gasteiger partial charge in [0.2, 0.25) is 0 Å². The molecule has 10 heteroatoms. The molecule has 4 rings (SSSR count). The highest BCUT2D eigenvalue weighted by atomic mass is 32.2. The lowest BCUT2D eigenvalue weighted by molar-refractivity contribution is -0.384. The van der Waals surface area contributed by atoms with Gasteiger partial charge in [-0.1, -0.05) is 0 Å². The number of methoxy groups -OCH3 is 2. The van der Waals surface area contributed by atoms with Gasteiger partial charge in [-0.3, -0.25) is 19.7 Å². The highest BCUT2D eigenvalue weighted by Gasteiger charge is 2.38. The molecule has 162 valence electrons. The van der Waals surface area contributed by atoms with Crippen LogP contribution in [0, 0.1) is 10.1 Å². The lowest BCUT2D eigenvalue weighted by Crippen LogP contribution is -2.28. The number of amides is 2. The van der Waals surface area contributed by atoms with Gasteiger partial charge in [0.05, 0.1) is 29.7 Å². The van der Waals surface area contributed by atoms with Gasteiger partial charge in [0.15, 0.2) is 0 Å². The largest absolute Gasteiger partial charge is 0.497 e. The first-order valence-corrected chi connectivity index (χ1v) is 10.1. The average molecular weight is 452 g/mol. The molecule has 32 heavy (non-hydrogen) atoms. The molecule has 0 bridgehead atoms. The van der Waals surface area contributed by atoms with E-state index in [1.807, 2.05) is 0 Å². The molecule has 1 fully saturated rings. The first-order valence-electron chi connectivity index (χ1n) is 9.26. The number of nitrogens with zero attached hydrogens (tertiary/aromatic N) is 2. The minimum atomic E-state index is -0.503. The number of furan rings is 1. The first-order chi connectivity index (χ1) is 15.4. The molecule has 2 amide bonds. The predicted molar refractivity (Wildman–Crippen MR) is 119 cm³/mol. The molecule has 0 atom stereocenters. The van der Waals surface area contributed by atoms with Gasteiger partial charge in [-0.05, 0) is 48.2 Å². The number of carbonyl (C=O) groups excluding carboxylic acids is 2. The zero-order valence-electron chi connectivity index (χ0n) is 16.9. The molecule has 0 radical (unpaired) electrons. The van der Waals surface area contributed by atoms with E-state index in [-0.39, 0.29) is 10.6 Å². The molecular formula is C22H16N2O7S. The van der Waals surface area contributed by atoms with Crippen LogP contribution < -0.4 is 14.4 Å². The Morgan fingerprint density at radius 2 is 1.78 bits per heavy atom. The van der Waals surface area contributed by atoms with E-state index < -0.39 is 16.1 Å². The quantitative estimate of drug-likeness (QED) is 0.288. The van der Waals surface area contributed by atoms with E-state index >= 15 is 0 Å². The van der Waals surface area contributed by atoms with Crippen LogP contribution in [-0.2, 0) is 4.79 Å². The van der Waals surface area contributed by atoms with Crippen LogP contribution in [-0.4, -0.2) is 30.3 Å². The van der Waals surface area contributed by atoms with Crippen LogP contribution >= 0.6 is 11.8 Å². The Labute approximate surface area is 186 Å². The summed E-state index contributed by atoms with van der Waals surface area (Å²) in [4.78, 5) is 37.1. The van der Waals surface area contributed by atoms with E-state index in [2.05, 4.69) is 0 Å². The number of nitro benzene ring substituents is 1. The third-order valence-electron chi connectivity index (χ3n) is 4.68. The fourth-order valence-electron chi connectivity index (χ4n) is 3.11. The van der Waals surface area contributed by atoms with E-state index in [0.717, 1.165) is 16.7 Å². The van der Waals surface area contributed by atoms with Crippen molar-refractivity contribution in [3.63, 3.8) is 0 Å². The summed E-state index contributed by atoms with van der Waals surface area (Å²) in [6, 6.07) is 14.0. The highest BCUT2D eigenvalue weighted by Crippen LogP contribution is 2.41. The standard InChI is InChI=1S/C22H16N2O7S/c1-29-15-7-9-17(19(11-15)30-2)23-21(25)20(32-22(23)26)12-16-8-10-18(31-16)13-3-5-14(6-4-13)24(27)28/h3-12H,1-2H3/b20-12+. The lowest BCUT2D eigenvalue weighted by atomic mass is 10.1. The Balaban J connectivity index is 1.59. The molecule has 1 aliphatic rings. The van der Waals surface area contributed by atoms with Gasteiger partial charge in [-0.2, -0.15) is 0 Å². The number of hydrogen-bond donors (Lipinski definition) is 0. The maximum atomic E-state index is 12.9. The Morgan fingerprint density at radius 1 is 1.03 bits per heavy atom. The minimum absolute atomic E-state index is 0.0248. The number of hydrogen-bond acceptors (Lipinski definition) is 8. The fraction of sp³-hybridized carbons (Fsp3) is 0.0909. The minimum Gasteiger partial charge on any atom is -0.497 e. The molecule has 0 spiro atoms. The smallest absolute Gasteiger partial charge is 0.298 e. The SMILES string of the molecule is COc1ccc(N2C(=O)S/C(=C/c3ccc(-c4ccc([N+](=O)[O-])cc4)o3)C2=O)c(OC)c1. The number of non-ortho nitro benzene ring substituents is 1. The topological polar surface area (TPSA) is 112 Å². The second-order valence-electron chi connectivity index (χ2n) is 6.56. The van der Waals surface area contributed by atoms with Crippen LogP contribution in [0.1, 0.15) is 5.76 Å². The third kappa shape index (κ3) is 3.95. The summed E-state index contributed by atoms with van der Waals surface area (Å²) in [6.45, 7) is 0. The fourth-order valence-corrected chi connectivity index (χ4v) is 3.92. The molecule has 1 aliphatic heterocycles. The van der Waals surface area contributed by atoms with Crippen LogP contribution in [0.25, 0.3) is 17.4 Å². The van der Waals surface area contributed by atoms with Crippen LogP contribution in [0.3, 0.4) is 0 Å². The second-order valence-corrected chi connectivity index (χ2v) is 7.55. The van der Waals surface area contributed by atoms with Crippen molar-refractivity contribution in [3.8, 4) is 22.8 Å². The molecule has 1 saturated heterocycles. The Hall–Kier alpha value is -4.05. The van der Waals surface area contributed by atoms with Crippen molar-refractivity contribution in [2.75, 3.05) is 19.1 Å². The summed E-state index contributed by atoms with van der Waals surface area (Å²) in [7, 11) is 2.95. The van der Waals surface area contributed by atoms with E-state index in [0.29, 0.717) is 34.3 Å². The van der Waals surface area contributed by atoms with Crippen molar-refractivity contribution in [2.45, 2.75) is 0 Å². The van der Waals surface area contributed by atoms with Gasteiger partial charge in [0.25, 0.3) is 16.8 Å². The Morgan fingerprint density at radius 3 is 2.44 bits per heavy atom. The molecule has 0 aliphatic carbocycles. The number of benzene rings is 2. The number of ether oxygens (including phenoxy) is 2. The molecule has 0 N–H and O–H groups in total. The van der Waals surface area contributed by atoms with Gasteiger partial charge in [-0.25, -0.2) is 4.90 Å². The van der Waals surface area contributed by atoms with Crippen molar-refractivity contribution in [1.29, 1.82) is 0 Å². The molecule has 1 aromatic heterocycles. The van der Waals surface area contributed by atoms with Gasteiger partial charge in [0, 0.05) is 29.8 Å². The summed E-state index contributed by atoms with van der Waals surface area (Å²) in [5.41, 5.74) is 0.930. The van der Waals surface area contributed by atoms with Crippen molar-refractivity contribution < 1.29 is 28.4 Å². The average Bonchev–Trinajstić information content (AvgIpc) is 3.37. The second kappa shape index (κ2) is 8.60. The Bertz CT molecular complexity index is 1250. The first kappa shape index (κ1) is 21.2. The van der Waals surface area contributed by atoms with Gasteiger partial charge in [0.1, 0.15) is 23.0 Å². The van der Waals surface area contributed by atoms with Crippen molar-refractivity contribution in [1.82, 2.24) is 0 Å². The molecular weight excluding hydrogens is 436 g/mol. The van der Waals surface area contributed by atoms with Crippen LogP contribution in [0.4, 0.5) is 16.2 Å². The van der Waals surface area contributed by atoms with Gasteiger partial charge >= 0.3 is 0 Å². The molecule has 9 nitrogen and oxygen atoms in total. The van der Waals surface area contributed by atoms with Crippen molar-refractivity contribution in [3.05, 3.63) is 75.4 Å². The molecule has 2 heterocycles. The summed E-state index contributed by atoms with van der Waals surface area (Å²) in [5, 5.41) is 10.3. The zero-order chi connectivity index (χ0) is 22.8. The lowest BCUT2D eigenvalue weighted by Gasteiger charge is -2.16. The van der Waals surface area contributed by atoms with Crippen molar-refractivity contribution in [2.24, 2.45) is 0 Å². The van der Waals surface area contributed by atoms with E-state index in [4.69, 9.17) is 13.9 Å². The van der Waals surface area contributed by atoms with Gasteiger partial charge < -0.3 is 13.9 Å². The van der Waals surface area contributed by atoms with E-state index in [9.17, 15) is 19.7 Å². The zero-order valence-corrected chi connectivity index (χ0v) is 17.8. The summed E-state index contributed by atoms with van der Waals surface area (Å²) in [6.07, 6.45) is 1.48. The van der Waals surface area contributed by atoms with Crippen LogP contribution in [0.2, 0.25) is 0 Å². The highest BCUT2D eigenvalue weighted by molar-refractivity contribution is 8.19. The van der Waals surface area contributed by atoms with Crippen molar-refractivity contribution >= 4 is 40.4 Å². The monoisotopic (exact) mass is 452 g/mol. The number of thioether (sulfide) groups is 1. The van der Waals surface area contributed by atoms with E-state index in [1.54, 1.807) is 42.5 Å². The predicted octanol–water partition coefficient (Wildman–Crippen LogP) is 5.11. The van der Waals surface area contributed by atoms with E-state index in [1.165, 1.54) is 32.4 Å². The number of anilines is 1. The van der Waals surface area contributed by atoms with Gasteiger partial charge in [-0.15, -0.1) is 0 Å². The summed E-state index contributed by atoms with van der Waals surface area (Å²) in [5.74, 6) is 1.19. The number of rotatable bonds is 6. The van der Waals surface area contributed by atoms with Crippen LogP contribution in [0.5, 0.6) is 11.5 Å². The summed E-state index contributed by atoms with van der Waals surface area (Å²) >= 11 is 0.788. The summed E-state index contributed by atoms with van der Waals surface area (Å²) < 4.78 is 16.2. The normalized spacial score (nSPS) is 14.8. The maximum Gasteiger partial charge on any atom is 0.298 e. The molecule has 0 unspecified atom stereocenters. The molecule has 0 saturated carbocycles. The number of nitro groups is 1.